The van der Waals surface area contributed by atoms with Crippen molar-refractivity contribution < 1.29 is 14.3 Å². The Morgan fingerprint density at radius 1 is 1.16 bits per heavy atom. The molecule has 1 amide bonds. The maximum Gasteiger partial charge on any atom is 0.230 e. The van der Waals surface area contributed by atoms with Crippen LogP contribution in [0.4, 0.5) is 0 Å². The van der Waals surface area contributed by atoms with Gasteiger partial charge in [0.2, 0.25) is 5.91 Å². The minimum atomic E-state index is -0.141. The van der Waals surface area contributed by atoms with Gasteiger partial charge in [0.05, 0.1) is 11.8 Å². The zero-order valence-electron chi connectivity index (χ0n) is 17.2. The summed E-state index contributed by atoms with van der Waals surface area (Å²) < 4.78 is 13.4. The van der Waals surface area contributed by atoms with Gasteiger partial charge in [-0.05, 0) is 49.6 Å². The van der Waals surface area contributed by atoms with Gasteiger partial charge >= 0.3 is 0 Å². The van der Waals surface area contributed by atoms with E-state index in [1.807, 2.05) is 37.3 Å². The van der Waals surface area contributed by atoms with Crippen molar-refractivity contribution in [1.29, 1.82) is 0 Å². The molecule has 1 N–H and O–H groups in total. The van der Waals surface area contributed by atoms with Crippen molar-refractivity contribution in [3.63, 3.8) is 0 Å². The number of pyridine rings is 1. The number of benzene rings is 1. The van der Waals surface area contributed by atoms with Gasteiger partial charge in [0, 0.05) is 24.0 Å². The molecule has 0 spiro atoms. The number of nitrogens with zero attached hydrogens (tertiary/aromatic N) is 4. The molecule has 1 fully saturated rings. The van der Waals surface area contributed by atoms with E-state index in [2.05, 4.69) is 25.1 Å². The maximum atomic E-state index is 12.6. The Labute approximate surface area is 184 Å². The summed E-state index contributed by atoms with van der Waals surface area (Å²) in [6, 6.07) is 9.89. The lowest BCUT2D eigenvalue weighted by molar-refractivity contribution is -0.119. The molecule has 3 heterocycles. The van der Waals surface area contributed by atoms with Gasteiger partial charge < -0.3 is 14.8 Å². The molecule has 1 aliphatic carbocycles. The molecule has 1 saturated carbocycles. The first-order chi connectivity index (χ1) is 15.2. The molecular weight excluding hydrogens is 414 g/mol. The average Bonchev–Trinajstić information content (AvgIpc) is 3.56. The molecule has 2 aromatic heterocycles. The highest BCUT2D eigenvalue weighted by molar-refractivity contribution is 7.99. The second-order valence-electron chi connectivity index (χ2n) is 7.62. The predicted octanol–water partition coefficient (Wildman–Crippen LogP) is 3.42. The SMILES string of the molecule is CC(NC(=O)CSc1nnc(-c2ccncc2)n1C1CC1)c1ccc2c(c1)OCCO2. The highest BCUT2D eigenvalue weighted by atomic mass is 32.2. The van der Waals surface area contributed by atoms with Crippen LogP contribution < -0.4 is 14.8 Å². The van der Waals surface area contributed by atoms with E-state index in [1.165, 1.54) is 11.8 Å². The summed E-state index contributed by atoms with van der Waals surface area (Å²) in [5.74, 6) is 2.52. The lowest BCUT2D eigenvalue weighted by atomic mass is 10.1. The zero-order valence-corrected chi connectivity index (χ0v) is 18.0. The Hall–Kier alpha value is -3.07. The van der Waals surface area contributed by atoms with E-state index in [1.54, 1.807) is 12.4 Å². The Bertz CT molecular complexity index is 1080. The van der Waals surface area contributed by atoms with Gasteiger partial charge in [-0.15, -0.1) is 10.2 Å². The number of nitrogens with one attached hydrogen (secondary N) is 1. The average molecular weight is 438 g/mol. The number of aromatic nitrogens is 4. The van der Waals surface area contributed by atoms with Crippen LogP contribution in [0.3, 0.4) is 0 Å². The Morgan fingerprint density at radius 2 is 1.94 bits per heavy atom. The van der Waals surface area contributed by atoms with Crippen molar-refractivity contribution in [1.82, 2.24) is 25.1 Å². The fourth-order valence-corrected chi connectivity index (χ4v) is 4.38. The largest absolute Gasteiger partial charge is 0.486 e. The van der Waals surface area contributed by atoms with Gasteiger partial charge in [0.1, 0.15) is 13.2 Å². The molecule has 1 aliphatic heterocycles. The smallest absolute Gasteiger partial charge is 0.230 e. The van der Waals surface area contributed by atoms with Crippen LogP contribution in [0.2, 0.25) is 0 Å². The third kappa shape index (κ3) is 4.36. The third-order valence-corrected chi connectivity index (χ3v) is 6.23. The van der Waals surface area contributed by atoms with Crippen molar-refractivity contribution in [2.45, 2.75) is 37.0 Å². The second kappa shape index (κ2) is 8.58. The topological polar surface area (TPSA) is 91.2 Å². The fourth-order valence-electron chi connectivity index (χ4n) is 3.56. The highest BCUT2D eigenvalue weighted by Crippen LogP contribution is 2.41. The minimum absolute atomic E-state index is 0.0526. The van der Waals surface area contributed by atoms with Crippen molar-refractivity contribution >= 4 is 17.7 Å². The van der Waals surface area contributed by atoms with Crippen LogP contribution in [0.5, 0.6) is 11.5 Å². The van der Waals surface area contributed by atoms with E-state index in [0.717, 1.165) is 46.4 Å². The van der Waals surface area contributed by atoms with E-state index in [-0.39, 0.29) is 17.7 Å². The van der Waals surface area contributed by atoms with E-state index in [9.17, 15) is 4.79 Å². The Morgan fingerprint density at radius 3 is 2.71 bits per heavy atom. The zero-order chi connectivity index (χ0) is 21.2. The summed E-state index contributed by atoms with van der Waals surface area (Å²) in [7, 11) is 0. The molecular formula is C22H23N5O3S. The maximum absolute atomic E-state index is 12.6. The van der Waals surface area contributed by atoms with Crippen LogP contribution in [-0.4, -0.2) is 44.6 Å². The van der Waals surface area contributed by atoms with Gasteiger partial charge in [0.15, 0.2) is 22.5 Å². The van der Waals surface area contributed by atoms with Crippen molar-refractivity contribution in [3.8, 4) is 22.9 Å². The summed E-state index contributed by atoms with van der Waals surface area (Å²) in [5.41, 5.74) is 1.96. The number of hydrogen-bond donors (Lipinski definition) is 1. The lowest BCUT2D eigenvalue weighted by Crippen LogP contribution is -2.28. The lowest BCUT2D eigenvalue weighted by Gasteiger charge is -2.21. The summed E-state index contributed by atoms with van der Waals surface area (Å²) in [6.45, 7) is 3.06. The van der Waals surface area contributed by atoms with E-state index >= 15 is 0 Å². The van der Waals surface area contributed by atoms with Crippen molar-refractivity contribution in [2.24, 2.45) is 0 Å². The molecule has 0 bridgehead atoms. The van der Waals surface area contributed by atoms with Gasteiger partial charge in [0.25, 0.3) is 0 Å². The van der Waals surface area contributed by atoms with Gasteiger partial charge in [-0.2, -0.15) is 0 Å². The van der Waals surface area contributed by atoms with Crippen LogP contribution in [0.1, 0.15) is 37.4 Å². The van der Waals surface area contributed by atoms with E-state index in [4.69, 9.17) is 9.47 Å². The normalized spacial score (nSPS) is 16.0. The highest BCUT2D eigenvalue weighted by Gasteiger charge is 2.30. The number of rotatable bonds is 7. The standard InChI is InChI=1S/C22H23N5O3S/c1-14(16-2-5-18-19(12-16)30-11-10-29-18)24-20(28)13-31-22-26-25-21(27(22)17-3-4-17)15-6-8-23-9-7-15/h2,5-9,12,14,17H,3-4,10-11,13H2,1H3,(H,24,28). The van der Waals surface area contributed by atoms with Gasteiger partial charge in [-0.1, -0.05) is 17.8 Å². The van der Waals surface area contributed by atoms with Gasteiger partial charge in [-0.25, -0.2) is 0 Å². The van der Waals surface area contributed by atoms with Gasteiger partial charge in [-0.3, -0.25) is 14.3 Å². The number of carbonyl (C=O) groups is 1. The number of fused-ring (bicyclic) bond motifs is 1. The minimum Gasteiger partial charge on any atom is -0.486 e. The first-order valence-electron chi connectivity index (χ1n) is 10.4. The third-order valence-electron chi connectivity index (χ3n) is 5.29. The van der Waals surface area contributed by atoms with Crippen molar-refractivity contribution in [2.75, 3.05) is 19.0 Å². The number of carbonyl (C=O) groups excluding carboxylic acids is 1. The Kier molecular flexibility index (Phi) is 5.50. The summed E-state index contributed by atoms with van der Waals surface area (Å²) in [4.78, 5) is 16.7. The monoisotopic (exact) mass is 437 g/mol. The van der Waals surface area contributed by atoms with Crippen LogP contribution in [-0.2, 0) is 4.79 Å². The molecule has 1 atom stereocenters. The molecule has 2 aliphatic rings. The summed E-state index contributed by atoms with van der Waals surface area (Å²) in [6.07, 6.45) is 5.72. The predicted molar refractivity (Wildman–Crippen MR) is 116 cm³/mol. The molecule has 9 heteroatoms. The molecule has 5 rings (SSSR count). The molecule has 3 aromatic rings. The first-order valence-corrected chi connectivity index (χ1v) is 11.3. The molecule has 1 unspecified atom stereocenters. The first kappa shape index (κ1) is 19.9. The van der Waals surface area contributed by atoms with Crippen molar-refractivity contribution in [3.05, 3.63) is 48.3 Å². The molecule has 31 heavy (non-hydrogen) atoms. The summed E-state index contributed by atoms with van der Waals surface area (Å²) >= 11 is 1.42. The van der Waals surface area contributed by atoms with E-state index in [0.29, 0.717) is 19.3 Å². The number of hydrogen-bond acceptors (Lipinski definition) is 7. The molecule has 0 saturated heterocycles. The quantitative estimate of drug-likeness (QED) is 0.566. The molecule has 0 radical (unpaired) electrons. The molecule has 1 aromatic carbocycles. The van der Waals surface area contributed by atoms with Crippen LogP contribution in [0.15, 0.2) is 47.9 Å². The summed E-state index contributed by atoms with van der Waals surface area (Å²) in [5, 5.41) is 12.6. The van der Waals surface area contributed by atoms with Crippen LogP contribution in [0.25, 0.3) is 11.4 Å². The fraction of sp³-hybridized carbons (Fsp3) is 0.364. The second-order valence-corrected chi connectivity index (χ2v) is 8.57. The molecule has 8 nitrogen and oxygen atoms in total. The van der Waals surface area contributed by atoms with Crippen LogP contribution >= 0.6 is 11.8 Å². The number of thioether (sulfide) groups is 1. The Balaban J connectivity index is 1.23. The van der Waals surface area contributed by atoms with Crippen LogP contribution in [0, 0.1) is 0 Å². The molecule has 160 valence electrons. The number of amides is 1. The van der Waals surface area contributed by atoms with E-state index < -0.39 is 0 Å². The number of ether oxygens (including phenoxy) is 2.